The molecule has 0 bridgehead atoms. The predicted octanol–water partition coefficient (Wildman–Crippen LogP) is -0.576. The minimum Gasteiger partial charge on any atom is -0.480 e. The van der Waals surface area contributed by atoms with Crippen molar-refractivity contribution in [3.05, 3.63) is 30.1 Å². The number of rotatable bonds is 6. The van der Waals surface area contributed by atoms with Gasteiger partial charge in [0.05, 0.1) is 18.8 Å². The van der Waals surface area contributed by atoms with Crippen LogP contribution >= 0.6 is 0 Å². The van der Waals surface area contributed by atoms with E-state index >= 15 is 0 Å². The summed E-state index contributed by atoms with van der Waals surface area (Å²) in [5.41, 5.74) is 0.723. The van der Waals surface area contributed by atoms with Gasteiger partial charge in [-0.25, -0.2) is 4.79 Å². The molecule has 20 heavy (non-hydrogen) atoms. The molecule has 0 aliphatic carbocycles. The van der Waals surface area contributed by atoms with E-state index in [0.29, 0.717) is 6.54 Å². The summed E-state index contributed by atoms with van der Waals surface area (Å²) in [5.74, 6) is -1.70. The van der Waals surface area contributed by atoms with Crippen LogP contribution in [-0.4, -0.2) is 53.0 Å². The second-order valence-electron chi connectivity index (χ2n) is 4.01. The van der Waals surface area contributed by atoms with Gasteiger partial charge in [0.1, 0.15) is 6.54 Å². The molecule has 0 aromatic carbocycles. The monoisotopic (exact) mass is 280 g/mol. The first-order valence-corrected chi connectivity index (χ1v) is 5.86. The number of hydrogen-bond acceptors (Lipinski definition) is 4. The molecule has 0 fully saturated rings. The Kier molecular flexibility index (Phi) is 5.95. The molecule has 1 rings (SSSR count). The summed E-state index contributed by atoms with van der Waals surface area (Å²) in [6.45, 7) is -0.444. The maximum absolute atomic E-state index is 11.7. The van der Waals surface area contributed by atoms with Gasteiger partial charge in [-0.3, -0.25) is 14.6 Å². The minimum absolute atomic E-state index is 0.279. The van der Waals surface area contributed by atoms with Crippen LogP contribution in [0.1, 0.15) is 5.69 Å². The van der Waals surface area contributed by atoms with Crippen LogP contribution in [0.5, 0.6) is 0 Å². The van der Waals surface area contributed by atoms with E-state index in [4.69, 9.17) is 5.11 Å². The van der Waals surface area contributed by atoms with E-state index < -0.39 is 24.5 Å². The van der Waals surface area contributed by atoms with Gasteiger partial charge in [0, 0.05) is 13.2 Å². The fourth-order valence-electron chi connectivity index (χ4n) is 1.33. The molecule has 8 heteroatoms. The minimum atomic E-state index is -1.14. The lowest BCUT2D eigenvalue weighted by Crippen LogP contribution is -2.43. The molecule has 0 radical (unpaired) electrons. The molecule has 8 nitrogen and oxygen atoms in total. The van der Waals surface area contributed by atoms with Gasteiger partial charge in [0.25, 0.3) is 0 Å². The molecule has 0 spiro atoms. The number of carbonyl (C=O) groups is 3. The summed E-state index contributed by atoms with van der Waals surface area (Å²) in [4.78, 5) is 38.6. The number of urea groups is 1. The highest BCUT2D eigenvalue weighted by atomic mass is 16.4. The summed E-state index contributed by atoms with van der Waals surface area (Å²) in [7, 11) is 1.57. The number of aromatic nitrogens is 1. The number of carboxylic acid groups (broad SMARTS) is 1. The van der Waals surface area contributed by atoms with Crippen molar-refractivity contribution in [1.29, 1.82) is 0 Å². The van der Waals surface area contributed by atoms with Crippen LogP contribution in [0.15, 0.2) is 24.4 Å². The molecule has 1 aromatic rings. The van der Waals surface area contributed by atoms with E-state index in [-0.39, 0.29) is 6.54 Å². The summed E-state index contributed by atoms with van der Waals surface area (Å²) in [6.07, 6.45) is 1.63. The van der Waals surface area contributed by atoms with Crippen LogP contribution in [0.4, 0.5) is 4.79 Å². The summed E-state index contributed by atoms with van der Waals surface area (Å²) in [6, 6.07) is 4.92. The molecule has 0 unspecified atom stereocenters. The molecule has 1 heterocycles. The first-order chi connectivity index (χ1) is 9.49. The second-order valence-corrected chi connectivity index (χ2v) is 4.01. The molecular weight excluding hydrogens is 264 g/mol. The van der Waals surface area contributed by atoms with E-state index in [0.717, 1.165) is 5.69 Å². The zero-order valence-electron chi connectivity index (χ0n) is 11.0. The van der Waals surface area contributed by atoms with Crippen molar-refractivity contribution in [2.45, 2.75) is 6.54 Å². The summed E-state index contributed by atoms with van der Waals surface area (Å²) >= 11 is 0. The zero-order chi connectivity index (χ0) is 15.0. The Hall–Kier alpha value is -2.64. The molecule has 0 aliphatic heterocycles. The number of carboxylic acids is 1. The number of amides is 3. The molecule has 1 aromatic heterocycles. The van der Waals surface area contributed by atoms with Gasteiger partial charge in [0.15, 0.2) is 0 Å². The Morgan fingerprint density at radius 3 is 2.60 bits per heavy atom. The fourth-order valence-corrected chi connectivity index (χ4v) is 1.33. The highest BCUT2D eigenvalue weighted by Crippen LogP contribution is 1.98. The molecule has 0 saturated carbocycles. The summed E-state index contributed by atoms with van der Waals surface area (Å²) < 4.78 is 0. The van der Waals surface area contributed by atoms with Gasteiger partial charge < -0.3 is 20.6 Å². The normalized spacial score (nSPS) is 9.65. The van der Waals surface area contributed by atoms with Gasteiger partial charge >= 0.3 is 12.0 Å². The number of nitrogens with zero attached hydrogens (tertiary/aromatic N) is 2. The van der Waals surface area contributed by atoms with Crippen molar-refractivity contribution in [3.63, 3.8) is 0 Å². The quantitative estimate of drug-likeness (QED) is 0.645. The first kappa shape index (κ1) is 15.4. The number of carbonyl (C=O) groups excluding carboxylic acids is 2. The first-order valence-electron chi connectivity index (χ1n) is 5.86. The van der Waals surface area contributed by atoms with E-state index in [1.54, 1.807) is 25.4 Å². The number of hydrogen-bond donors (Lipinski definition) is 3. The van der Waals surface area contributed by atoms with Crippen LogP contribution in [0.25, 0.3) is 0 Å². The lowest BCUT2D eigenvalue weighted by Gasteiger charge is -2.17. The van der Waals surface area contributed by atoms with Gasteiger partial charge in [-0.15, -0.1) is 0 Å². The third kappa shape index (κ3) is 5.80. The Balaban J connectivity index is 2.31. The average molecular weight is 280 g/mol. The smallest absolute Gasteiger partial charge is 0.322 e. The number of aliphatic carboxylic acids is 1. The third-order valence-electron chi connectivity index (χ3n) is 2.31. The van der Waals surface area contributed by atoms with E-state index in [1.807, 2.05) is 6.07 Å². The average Bonchev–Trinajstić information content (AvgIpc) is 2.43. The fraction of sp³-hybridized carbons (Fsp3) is 0.333. The van der Waals surface area contributed by atoms with Gasteiger partial charge in [-0.2, -0.15) is 0 Å². The van der Waals surface area contributed by atoms with E-state index in [1.165, 1.54) is 4.90 Å². The van der Waals surface area contributed by atoms with Crippen molar-refractivity contribution in [1.82, 2.24) is 20.5 Å². The van der Waals surface area contributed by atoms with Gasteiger partial charge in [-0.05, 0) is 12.1 Å². The Labute approximate surface area is 115 Å². The highest BCUT2D eigenvalue weighted by Gasteiger charge is 2.11. The lowest BCUT2D eigenvalue weighted by molar-refractivity contribution is -0.137. The van der Waals surface area contributed by atoms with Gasteiger partial charge in [-0.1, -0.05) is 6.07 Å². The Morgan fingerprint density at radius 1 is 1.25 bits per heavy atom. The maximum atomic E-state index is 11.7. The van der Waals surface area contributed by atoms with Crippen LogP contribution in [-0.2, 0) is 16.1 Å². The molecule has 0 atom stereocenters. The molecule has 3 amide bonds. The Morgan fingerprint density at radius 2 is 2.00 bits per heavy atom. The maximum Gasteiger partial charge on any atom is 0.322 e. The molecule has 108 valence electrons. The third-order valence-corrected chi connectivity index (χ3v) is 2.31. The van der Waals surface area contributed by atoms with Gasteiger partial charge in [0.2, 0.25) is 5.91 Å². The number of pyridine rings is 1. The van der Waals surface area contributed by atoms with E-state index in [2.05, 4.69) is 15.6 Å². The Bertz CT molecular complexity index is 478. The molecular formula is C12H16N4O4. The van der Waals surface area contributed by atoms with Crippen LogP contribution in [0.3, 0.4) is 0 Å². The SMILES string of the molecule is CN(Cc1ccccn1)C(=O)NCC(=O)NCC(=O)O. The standard InChI is InChI=1S/C12H16N4O4/c1-16(8-9-4-2-3-5-13-9)12(20)15-6-10(17)14-7-11(18)19/h2-5H,6-8H2,1H3,(H,14,17)(H,15,20)(H,18,19). The molecule has 0 aliphatic rings. The second kappa shape index (κ2) is 7.72. The van der Waals surface area contributed by atoms with Crippen molar-refractivity contribution in [2.75, 3.05) is 20.1 Å². The van der Waals surface area contributed by atoms with Crippen LogP contribution in [0, 0.1) is 0 Å². The zero-order valence-corrected chi connectivity index (χ0v) is 11.0. The summed E-state index contributed by atoms with van der Waals surface area (Å²) in [5, 5.41) is 12.9. The predicted molar refractivity (Wildman–Crippen MR) is 69.7 cm³/mol. The highest BCUT2D eigenvalue weighted by molar-refractivity contribution is 5.86. The van der Waals surface area contributed by atoms with E-state index in [9.17, 15) is 14.4 Å². The lowest BCUT2D eigenvalue weighted by atomic mass is 10.3. The van der Waals surface area contributed by atoms with Crippen molar-refractivity contribution in [3.8, 4) is 0 Å². The van der Waals surface area contributed by atoms with Crippen molar-refractivity contribution >= 4 is 17.9 Å². The molecule has 3 N–H and O–H groups in total. The van der Waals surface area contributed by atoms with Crippen molar-refractivity contribution in [2.24, 2.45) is 0 Å². The largest absolute Gasteiger partial charge is 0.480 e. The molecule has 0 saturated heterocycles. The van der Waals surface area contributed by atoms with Crippen molar-refractivity contribution < 1.29 is 19.5 Å². The number of nitrogens with one attached hydrogen (secondary N) is 2. The topological polar surface area (TPSA) is 112 Å². The van der Waals surface area contributed by atoms with Crippen LogP contribution in [0.2, 0.25) is 0 Å². The van der Waals surface area contributed by atoms with Crippen LogP contribution < -0.4 is 10.6 Å².